The van der Waals surface area contributed by atoms with Crippen LogP contribution < -0.4 is 10.2 Å². The van der Waals surface area contributed by atoms with Gasteiger partial charge in [0.2, 0.25) is 11.8 Å². The molecule has 0 aliphatic carbocycles. The monoisotopic (exact) mass is 413 g/mol. The van der Waals surface area contributed by atoms with E-state index < -0.39 is 0 Å². The molecule has 0 aliphatic rings. The predicted octanol–water partition coefficient (Wildman–Crippen LogP) is 3.63. The molecule has 0 bridgehead atoms. The van der Waals surface area contributed by atoms with E-state index >= 15 is 0 Å². The van der Waals surface area contributed by atoms with Crippen molar-refractivity contribution in [1.29, 1.82) is 0 Å². The van der Waals surface area contributed by atoms with Crippen LogP contribution >= 0.6 is 0 Å². The molecule has 0 saturated carbocycles. The number of halogens is 1. The molecule has 0 radical (unpaired) electrons. The van der Waals surface area contributed by atoms with Crippen molar-refractivity contribution in [1.82, 2.24) is 10.2 Å². The molecule has 1 N–H and O–H groups in total. The summed E-state index contributed by atoms with van der Waals surface area (Å²) >= 11 is 0. The van der Waals surface area contributed by atoms with Crippen molar-refractivity contribution in [2.24, 2.45) is 5.92 Å². The second-order valence-electron chi connectivity index (χ2n) is 8.20. The molecular formula is C24H32FN3O2. The van der Waals surface area contributed by atoms with Crippen molar-refractivity contribution in [3.63, 3.8) is 0 Å². The molecule has 2 rings (SSSR count). The van der Waals surface area contributed by atoms with Crippen LogP contribution in [-0.4, -0.2) is 43.9 Å². The second-order valence-corrected chi connectivity index (χ2v) is 8.20. The van der Waals surface area contributed by atoms with Gasteiger partial charge in [-0.25, -0.2) is 4.39 Å². The van der Waals surface area contributed by atoms with E-state index in [0.717, 1.165) is 23.4 Å². The standard InChI is InChI=1S/C24H32FN3O2/c1-18(2)14-24(30)28(17-20-6-5-7-21(25)15-20)22-10-8-19(9-11-22)16-23(29)26-12-13-27(3)4/h5-11,15,18H,12-14,16-17H2,1-4H3,(H,26,29). The molecule has 2 aromatic carbocycles. The topological polar surface area (TPSA) is 52.7 Å². The molecule has 2 amide bonds. The molecule has 0 saturated heterocycles. The summed E-state index contributed by atoms with van der Waals surface area (Å²) in [4.78, 5) is 28.6. The third kappa shape index (κ3) is 7.95. The van der Waals surface area contributed by atoms with Gasteiger partial charge in [0.15, 0.2) is 0 Å². The highest BCUT2D eigenvalue weighted by atomic mass is 19.1. The highest BCUT2D eigenvalue weighted by Gasteiger charge is 2.18. The molecule has 0 aromatic heterocycles. The maximum absolute atomic E-state index is 13.6. The van der Waals surface area contributed by atoms with Crippen LogP contribution in [0.4, 0.5) is 10.1 Å². The molecular weight excluding hydrogens is 381 g/mol. The lowest BCUT2D eigenvalue weighted by molar-refractivity contribution is -0.120. The molecule has 0 spiro atoms. The first-order valence-electron chi connectivity index (χ1n) is 10.3. The smallest absolute Gasteiger partial charge is 0.227 e. The fourth-order valence-electron chi connectivity index (χ4n) is 3.06. The van der Waals surface area contributed by atoms with Crippen molar-refractivity contribution in [2.75, 3.05) is 32.1 Å². The Balaban J connectivity index is 2.10. The first kappa shape index (κ1) is 23.5. The Morgan fingerprint density at radius 1 is 1.03 bits per heavy atom. The summed E-state index contributed by atoms with van der Waals surface area (Å²) in [6.45, 7) is 5.69. The summed E-state index contributed by atoms with van der Waals surface area (Å²) in [5.74, 6) is -0.141. The van der Waals surface area contributed by atoms with E-state index in [2.05, 4.69) is 5.32 Å². The normalized spacial score (nSPS) is 11.0. The molecule has 5 nitrogen and oxygen atoms in total. The first-order chi connectivity index (χ1) is 14.2. The first-order valence-corrected chi connectivity index (χ1v) is 10.3. The summed E-state index contributed by atoms with van der Waals surface area (Å²) in [6, 6.07) is 13.7. The van der Waals surface area contributed by atoms with Crippen LogP contribution in [0.5, 0.6) is 0 Å². The average Bonchev–Trinajstić information content (AvgIpc) is 2.66. The van der Waals surface area contributed by atoms with Crippen molar-refractivity contribution < 1.29 is 14.0 Å². The van der Waals surface area contributed by atoms with Gasteiger partial charge in [0, 0.05) is 25.2 Å². The predicted molar refractivity (Wildman–Crippen MR) is 119 cm³/mol. The second kappa shape index (κ2) is 11.5. The van der Waals surface area contributed by atoms with Crippen LogP contribution in [0, 0.1) is 11.7 Å². The van der Waals surface area contributed by atoms with Gasteiger partial charge in [-0.2, -0.15) is 0 Å². The quantitative estimate of drug-likeness (QED) is 0.647. The van der Waals surface area contributed by atoms with Crippen LogP contribution in [0.2, 0.25) is 0 Å². The van der Waals surface area contributed by atoms with E-state index in [4.69, 9.17) is 0 Å². The van der Waals surface area contributed by atoms with E-state index in [1.165, 1.54) is 12.1 Å². The number of benzene rings is 2. The molecule has 162 valence electrons. The number of carbonyl (C=O) groups is 2. The number of amides is 2. The van der Waals surface area contributed by atoms with Gasteiger partial charge < -0.3 is 15.1 Å². The average molecular weight is 414 g/mol. The van der Waals surface area contributed by atoms with Crippen molar-refractivity contribution >= 4 is 17.5 Å². The van der Waals surface area contributed by atoms with Gasteiger partial charge in [0.25, 0.3) is 0 Å². The maximum Gasteiger partial charge on any atom is 0.227 e. The van der Waals surface area contributed by atoms with Gasteiger partial charge >= 0.3 is 0 Å². The third-order valence-corrected chi connectivity index (χ3v) is 4.61. The van der Waals surface area contributed by atoms with E-state index in [1.54, 1.807) is 11.0 Å². The van der Waals surface area contributed by atoms with Crippen LogP contribution in [0.3, 0.4) is 0 Å². The summed E-state index contributed by atoms with van der Waals surface area (Å²) in [5.41, 5.74) is 2.35. The zero-order valence-electron chi connectivity index (χ0n) is 18.3. The fourth-order valence-corrected chi connectivity index (χ4v) is 3.06. The van der Waals surface area contributed by atoms with E-state index in [0.29, 0.717) is 19.5 Å². The zero-order chi connectivity index (χ0) is 22.1. The number of carbonyl (C=O) groups excluding carboxylic acids is 2. The maximum atomic E-state index is 13.6. The Kier molecular flexibility index (Phi) is 8.99. The van der Waals surface area contributed by atoms with Crippen LogP contribution in [0.25, 0.3) is 0 Å². The van der Waals surface area contributed by atoms with Gasteiger partial charge in [0.1, 0.15) is 5.82 Å². The van der Waals surface area contributed by atoms with Crippen molar-refractivity contribution in [3.05, 3.63) is 65.5 Å². The molecule has 0 heterocycles. The van der Waals surface area contributed by atoms with Crippen LogP contribution in [-0.2, 0) is 22.6 Å². The summed E-state index contributed by atoms with van der Waals surface area (Å²) in [7, 11) is 3.92. The lowest BCUT2D eigenvalue weighted by atomic mass is 10.1. The summed E-state index contributed by atoms with van der Waals surface area (Å²) in [6.07, 6.45) is 0.697. The van der Waals surface area contributed by atoms with Gasteiger partial charge in [0.05, 0.1) is 13.0 Å². The van der Waals surface area contributed by atoms with Crippen LogP contribution in [0.1, 0.15) is 31.4 Å². The zero-order valence-corrected chi connectivity index (χ0v) is 18.3. The van der Waals surface area contributed by atoms with Gasteiger partial charge in [-0.15, -0.1) is 0 Å². The van der Waals surface area contributed by atoms with E-state index in [1.807, 2.05) is 63.2 Å². The number of anilines is 1. The minimum absolute atomic E-state index is 0.0107. The van der Waals surface area contributed by atoms with Gasteiger partial charge in [-0.3, -0.25) is 9.59 Å². The largest absolute Gasteiger partial charge is 0.355 e. The van der Waals surface area contributed by atoms with E-state index in [-0.39, 0.29) is 30.0 Å². The number of hydrogen-bond acceptors (Lipinski definition) is 3. The van der Waals surface area contributed by atoms with Crippen molar-refractivity contribution in [3.8, 4) is 0 Å². The lowest BCUT2D eigenvalue weighted by Gasteiger charge is -2.24. The van der Waals surface area contributed by atoms with Gasteiger partial charge in [-0.1, -0.05) is 38.1 Å². The molecule has 0 fully saturated rings. The van der Waals surface area contributed by atoms with E-state index in [9.17, 15) is 14.0 Å². The fraction of sp³-hybridized carbons (Fsp3) is 0.417. The van der Waals surface area contributed by atoms with Gasteiger partial charge in [-0.05, 0) is 55.4 Å². The summed E-state index contributed by atoms with van der Waals surface area (Å²) < 4.78 is 13.6. The number of nitrogens with one attached hydrogen (secondary N) is 1. The molecule has 0 atom stereocenters. The highest BCUT2D eigenvalue weighted by molar-refractivity contribution is 5.93. The van der Waals surface area contributed by atoms with Crippen LogP contribution in [0.15, 0.2) is 48.5 Å². The third-order valence-electron chi connectivity index (χ3n) is 4.61. The number of hydrogen-bond donors (Lipinski definition) is 1. The lowest BCUT2D eigenvalue weighted by Crippen LogP contribution is -2.32. The minimum Gasteiger partial charge on any atom is -0.355 e. The van der Waals surface area contributed by atoms with Crippen molar-refractivity contribution in [2.45, 2.75) is 33.2 Å². The Labute approximate surface area is 178 Å². The number of likely N-dealkylation sites (N-methyl/N-ethyl adjacent to an activating group) is 1. The molecule has 6 heteroatoms. The Morgan fingerprint density at radius 2 is 1.73 bits per heavy atom. The number of nitrogens with zero attached hydrogens (tertiary/aromatic N) is 2. The Morgan fingerprint density at radius 3 is 2.33 bits per heavy atom. The molecule has 0 aliphatic heterocycles. The molecule has 0 unspecified atom stereocenters. The minimum atomic E-state index is -0.320. The highest BCUT2D eigenvalue weighted by Crippen LogP contribution is 2.21. The molecule has 30 heavy (non-hydrogen) atoms. The Bertz CT molecular complexity index is 835. The summed E-state index contributed by atoms with van der Waals surface area (Å²) in [5, 5.41) is 2.90. The Hall–Kier alpha value is -2.73. The SMILES string of the molecule is CC(C)CC(=O)N(Cc1cccc(F)c1)c1ccc(CC(=O)NCCN(C)C)cc1. The number of rotatable bonds is 10. The molecule has 2 aromatic rings.